The fourth-order valence-electron chi connectivity index (χ4n) is 2.26. The molecule has 1 N–H and O–H groups in total. The second-order valence-corrected chi connectivity index (χ2v) is 4.76. The smallest absolute Gasteiger partial charge is 0.0826 e. The molecule has 0 spiro atoms. The van der Waals surface area contributed by atoms with Crippen LogP contribution in [0.25, 0.3) is 0 Å². The van der Waals surface area contributed by atoms with Gasteiger partial charge in [0.15, 0.2) is 0 Å². The van der Waals surface area contributed by atoms with Gasteiger partial charge in [-0.1, -0.05) is 13.0 Å². The molecular formula is C14H23N3O. The fraction of sp³-hybridized carbons (Fsp3) is 0.643. The van der Waals surface area contributed by atoms with E-state index < -0.39 is 0 Å². The Morgan fingerprint density at radius 1 is 1.56 bits per heavy atom. The first-order valence-corrected chi connectivity index (χ1v) is 6.74. The van der Waals surface area contributed by atoms with Gasteiger partial charge < -0.3 is 10.1 Å². The van der Waals surface area contributed by atoms with Crippen LogP contribution >= 0.6 is 0 Å². The molecule has 1 aliphatic rings. The molecule has 0 bridgehead atoms. The van der Waals surface area contributed by atoms with E-state index in [-0.39, 0.29) is 0 Å². The van der Waals surface area contributed by atoms with Crippen LogP contribution in [0.3, 0.4) is 0 Å². The maximum absolute atomic E-state index is 5.76. The third-order valence-electron chi connectivity index (χ3n) is 3.47. The number of morpholine rings is 1. The van der Waals surface area contributed by atoms with Gasteiger partial charge in [0.25, 0.3) is 0 Å². The van der Waals surface area contributed by atoms with E-state index in [0.717, 1.165) is 45.0 Å². The van der Waals surface area contributed by atoms with Gasteiger partial charge in [-0.25, -0.2) is 0 Å². The Hall–Kier alpha value is -0.970. The molecule has 100 valence electrons. The lowest BCUT2D eigenvalue weighted by Crippen LogP contribution is -2.46. The van der Waals surface area contributed by atoms with Crippen molar-refractivity contribution in [3.05, 3.63) is 29.6 Å². The normalized spacial score (nSPS) is 21.1. The molecule has 1 saturated heterocycles. The van der Waals surface area contributed by atoms with Crippen molar-refractivity contribution < 1.29 is 4.74 Å². The van der Waals surface area contributed by atoms with E-state index in [0.29, 0.717) is 6.10 Å². The summed E-state index contributed by atoms with van der Waals surface area (Å²) in [6, 6.07) is 4.11. The lowest BCUT2D eigenvalue weighted by atomic mass is 10.2. The molecule has 0 radical (unpaired) electrons. The van der Waals surface area contributed by atoms with Crippen LogP contribution in [0.1, 0.15) is 18.2 Å². The molecule has 0 aliphatic carbocycles. The van der Waals surface area contributed by atoms with Crippen molar-refractivity contribution in [3.63, 3.8) is 0 Å². The predicted octanol–water partition coefficient (Wildman–Crippen LogP) is 1.20. The van der Waals surface area contributed by atoms with Crippen LogP contribution < -0.4 is 5.32 Å². The SMILES string of the molecule is CCN1CCO[C@H](CNCc2cccnc2C)C1. The molecule has 4 heteroatoms. The second kappa shape index (κ2) is 6.83. The summed E-state index contributed by atoms with van der Waals surface area (Å²) in [5.74, 6) is 0. The number of aromatic nitrogens is 1. The number of nitrogens with zero attached hydrogens (tertiary/aromatic N) is 2. The van der Waals surface area contributed by atoms with E-state index in [9.17, 15) is 0 Å². The van der Waals surface area contributed by atoms with Crippen LogP contribution in [0.15, 0.2) is 18.3 Å². The third-order valence-corrected chi connectivity index (χ3v) is 3.47. The molecule has 1 atom stereocenters. The van der Waals surface area contributed by atoms with E-state index >= 15 is 0 Å². The molecule has 4 nitrogen and oxygen atoms in total. The van der Waals surface area contributed by atoms with E-state index in [1.165, 1.54) is 5.56 Å². The van der Waals surface area contributed by atoms with Crippen LogP contribution in [0.4, 0.5) is 0 Å². The van der Waals surface area contributed by atoms with Crippen molar-refractivity contribution in [2.24, 2.45) is 0 Å². The summed E-state index contributed by atoms with van der Waals surface area (Å²) in [4.78, 5) is 6.73. The summed E-state index contributed by atoms with van der Waals surface area (Å²) in [5.41, 5.74) is 2.37. The van der Waals surface area contributed by atoms with Crippen molar-refractivity contribution in [1.29, 1.82) is 0 Å². The molecule has 1 aromatic heterocycles. The van der Waals surface area contributed by atoms with E-state index in [2.05, 4.69) is 28.2 Å². The largest absolute Gasteiger partial charge is 0.374 e. The zero-order valence-corrected chi connectivity index (χ0v) is 11.4. The lowest BCUT2D eigenvalue weighted by molar-refractivity contribution is -0.0253. The minimum Gasteiger partial charge on any atom is -0.374 e. The number of nitrogens with one attached hydrogen (secondary N) is 1. The van der Waals surface area contributed by atoms with Gasteiger partial charge in [0.2, 0.25) is 0 Å². The maximum atomic E-state index is 5.76. The molecule has 0 saturated carbocycles. The van der Waals surface area contributed by atoms with E-state index in [4.69, 9.17) is 4.74 Å². The fourth-order valence-corrected chi connectivity index (χ4v) is 2.26. The van der Waals surface area contributed by atoms with E-state index in [1.54, 1.807) is 0 Å². The summed E-state index contributed by atoms with van der Waals surface area (Å²) < 4.78 is 5.76. The molecule has 0 unspecified atom stereocenters. The maximum Gasteiger partial charge on any atom is 0.0826 e. The standard InChI is InChI=1S/C14H23N3O/c1-3-17-7-8-18-14(11-17)10-15-9-13-5-4-6-16-12(13)2/h4-6,14-15H,3,7-11H2,1-2H3/t14-/m1/s1. The quantitative estimate of drug-likeness (QED) is 0.851. The van der Waals surface area contributed by atoms with Gasteiger partial charge in [-0.15, -0.1) is 0 Å². The van der Waals surface area contributed by atoms with E-state index in [1.807, 2.05) is 19.2 Å². The number of ether oxygens (including phenoxy) is 1. The number of hydrogen-bond donors (Lipinski definition) is 1. The Balaban J connectivity index is 1.73. The molecule has 1 fully saturated rings. The Labute approximate surface area is 109 Å². The Bertz CT molecular complexity index is 370. The molecule has 1 aromatic rings. The average molecular weight is 249 g/mol. The summed E-state index contributed by atoms with van der Waals surface area (Å²) in [6.07, 6.45) is 2.15. The minimum absolute atomic E-state index is 0.315. The third kappa shape index (κ3) is 3.77. The van der Waals surface area contributed by atoms with Gasteiger partial charge in [0, 0.05) is 38.1 Å². The number of likely N-dealkylation sites (N-methyl/N-ethyl adjacent to an activating group) is 1. The first kappa shape index (κ1) is 13.5. The van der Waals surface area contributed by atoms with Gasteiger partial charge >= 0.3 is 0 Å². The highest BCUT2D eigenvalue weighted by Crippen LogP contribution is 2.05. The molecule has 18 heavy (non-hydrogen) atoms. The van der Waals surface area contributed by atoms with Crippen LogP contribution in [-0.4, -0.2) is 48.8 Å². The molecule has 1 aliphatic heterocycles. The Morgan fingerprint density at radius 3 is 3.22 bits per heavy atom. The van der Waals surface area contributed by atoms with Crippen molar-refractivity contribution >= 4 is 0 Å². The van der Waals surface area contributed by atoms with Crippen LogP contribution in [-0.2, 0) is 11.3 Å². The Kier molecular flexibility index (Phi) is 5.11. The molecule has 2 rings (SSSR count). The van der Waals surface area contributed by atoms with Crippen LogP contribution in [0, 0.1) is 6.92 Å². The summed E-state index contributed by atoms with van der Waals surface area (Å²) >= 11 is 0. The number of aryl methyl sites for hydroxylation is 1. The van der Waals surface area contributed by atoms with Crippen molar-refractivity contribution in [1.82, 2.24) is 15.2 Å². The monoisotopic (exact) mass is 249 g/mol. The van der Waals surface area contributed by atoms with Crippen LogP contribution in [0.5, 0.6) is 0 Å². The molecule has 2 heterocycles. The summed E-state index contributed by atoms with van der Waals surface area (Å²) in [7, 11) is 0. The van der Waals surface area contributed by atoms with Gasteiger partial charge in [0.05, 0.1) is 12.7 Å². The predicted molar refractivity (Wildman–Crippen MR) is 72.5 cm³/mol. The molecule has 0 amide bonds. The highest BCUT2D eigenvalue weighted by molar-refractivity contribution is 5.17. The summed E-state index contributed by atoms with van der Waals surface area (Å²) in [6.45, 7) is 10.1. The Morgan fingerprint density at radius 2 is 2.44 bits per heavy atom. The lowest BCUT2D eigenvalue weighted by Gasteiger charge is -2.32. The number of pyridine rings is 1. The van der Waals surface area contributed by atoms with Crippen molar-refractivity contribution in [3.8, 4) is 0 Å². The zero-order chi connectivity index (χ0) is 12.8. The average Bonchev–Trinajstić information content (AvgIpc) is 2.41. The van der Waals surface area contributed by atoms with Crippen molar-refractivity contribution in [2.45, 2.75) is 26.5 Å². The van der Waals surface area contributed by atoms with Crippen LogP contribution in [0.2, 0.25) is 0 Å². The highest BCUT2D eigenvalue weighted by Gasteiger charge is 2.18. The highest BCUT2D eigenvalue weighted by atomic mass is 16.5. The minimum atomic E-state index is 0.315. The van der Waals surface area contributed by atoms with Gasteiger partial charge in [0.1, 0.15) is 0 Å². The molecular weight excluding hydrogens is 226 g/mol. The van der Waals surface area contributed by atoms with Gasteiger partial charge in [-0.05, 0) is 25.1 Å². The number of hydrogen-bond acceptors (Lipinski definition) is 4. The summed E-state index contributed by atoms with van der Waals surface area (Å²) in [5, 5.41) is 3.47. The number of rotatable bonds is 5. The zero-order valence-electron chi connectivity index (χ0n) is 11.4. The van der Waals surface area contributed by atoms with Crippen molar-refractivity contribution in [2.75, 3.05) is 32.8 Å². The first-order chi connectivity index (χ1) is 8.79. The second-order valence-electron chi connectivity index (χ2n) is 4.76. The first-order valence-electron chi connectivity index (χ1n) is 6.74. The van der Waals surface area contributed by atoms with Gasteiger partial charge in [-0.3, -0.25) is 9.88 Å². The topological polar surface area (TPSA) is 37.4 Å². The van der Waals surface area contributed by atoms with Gasteiger partial charge in [-0.2, -0.15) is 0 Å². The molecule has 0 aromatic carbocycles.